The van der Waals surface area contributed by atoms with Crippen molar-refractivity contribution in [2.24, 2.45) is 0 Å². The summed E-state index contributed by atoms with van der Waals surface area (Å²) in [6.07, 6.45) is 0. The Morgan fingerprint density at radius 2 is 2.00 bits per heavy atom. The minimum absolute atomic E-state index is 0.0153. The van der Waals surface area contributed by atoms with Crippen molar-refractivity contribution in [3.8, 4) is 22.8 Å². The van der Waals surface area contributed by atoms with Crippen molar-refractivity contribution in [1.29, 1.82) is 0 Å². The zero-order valence-electron chi connectivity index (χ0n) is 13.7. The number of hydrogen-bond acceptors (Lipinski definition) is 6. The van der Waals surface area contributed by atoms with E-state index in [1.54, 1.807) is 19.2 Å². The van der Waals surface area contributed by atoms with Crippen molar-refractivity contribution in [3.05, 3.63) is 47.8 Å². The molecule has 3 rings (SSSR count). The molecule has 1 amide bonds. The van der Waals surface area contributed by atoms with Crippen molar-refractivity contribution >= 4 is 33.8 Å². The third-order valence-electron chi connectivity index (χ3n) is 3.46. The number of carbonyl (C=O) groups excluding carboxylic acids is 1. The molecule has 0 aliphatic rings. The topological polar surface area (TPSA) is 83.5 Å². The molecule has 0 aliphatic carbocycles. The van der Waals surface area contributed by atoms with Crippen molar-refractivity contribution in [1.82, 2.24) is 4.98 Å². The smallest absolute Gasteiger partial charge is 0.221 e. The number of aromatic nitrogens is 1. The molecular weight excluding hydrogens is 338 g/mol. The number of anilines is 3. The van der Waals surface area contributed by atoms with E-state index in [-0.39, 0.29) is 11.7 Å². The van der Waals surface area contributed by atoms with E-state index >= 15 is 0 Å². The number of phenolic OH excluding ortho intramolecular Hbond substituents is 1. The molecule has 6 nitrogen and oxygen atoms in total. The van der Waals surface area contributed by atoms with Gasteiger partial charge >= 0.3 is 0 Å². The summed E-state index contributed by atoms with van der Waals surface area (Å²) >= 11 is 1.45. The Labute approximate surface area is 149 Å². The molecule has 7 heteroatoms. The molecule has 128 valence electrons. The lowest BCUT2D eigenvalue weighted by atomic mass is 10.1. The number of para-hydroxylation sites is 2. The number of phenols is 1. The van der Waals surface area contributed by atoms with Gasteiger partial charge in [0.15, 0.2) is 5.13 Å². The number of nitrogens with zero attached hydrogens (tertiary/aromatic N) is 1. The van der Waals surface area contributed by atoms with Crippen LogP contribution >= 0.6 is 11.3 Å². The third kappa shape index (κ3) is 3.89. The Hall–Kier alpha value is -3.06. The molecule has 0 radical (unpaired) electrons. The number of nitrogens with one attached hydrogen (secondary N) is 2. The van der Waals surface area contributed by atoms with Crippen LogP contribution in [0.4, 0.5) is 16.5 Å². The molecule has 0 saturated heterocycles. The minimum Gasteiger partial charge on any atom is -0.506 e. The van der Waals surface area contributed by atoms with E-state index in [1.165, 1.54) is 24.3 Å². The molecule has 0 unspecified atom stereocenters. The molecular formula is C18H17N3O3S. The van der Waals surface area contributed by atoms with Gasteiger partial charge in [0.2, 0.25) is 5.91 Å². The predicted octanol–water partition coefficient (Wildman–Crippen LogP) is 4.23. The van der Waals surface area contributed by atoms with Gasteiger partial charge in [0, 0.05) is 17.9 Å². The fourth-order valence-corrected chi connectivity index (χ4v) is 3.04. The second kappa shape index (κ2) is 7.23. The van der Waals surface area contributed by atoms with E-state index in [0.717, 1.165) is 22.7 Å². The SMILES string of the molecule is COc1ccccc1Nc1nc(-c2ccc(O)c(NC(C)=O)c2)cs1. The van der Waals surface area contributed by atoms with Crippen LogP contribution in [0.2, 0.25) is 0 Å². The number of amides is 1. The van der Waals surface area contributed by atoms with E-state index in [9.17, 15) is 9.90 Å². The lowest BCUT2D eigenvalue weighted by molar-refractivity contribution is -0.114. The Balaban J connectivity index is 1.85. The van der Waals surface area contributed by atoms with Gasteiger partial charge in [-0.2, -0.15) is 0 Å². The van der Waals surface area contributed by atoms with Gasteiger partial charge in [0.1, 0.15) is 11.5 Å². The summed E-state index contributed by atoms with van der Waals surface area (Å²) in [6.45, 7) is 1.39. The number of rotatable bonds is 5. The van der Waals surface area contributed by atoms with Crippen molar-refractivity contribution < 1.29 is 14.6 Å². The van der Waals surface area contributed by atoms with Gasteiger partial charge in [0.05, 0.1) is 24.2 Å². The van der Waals surface area contributed by atoms with Gasteiger partial charge in [-0.15, -0.1) is 11.3 Å². The van der Waals surface area contributed by atoms with Crippen molar-refractivity contribution in [2.75, 3.05) is 17.7 Å². The van der Waals surface area contributed by atoms with Gasteiger partial charge in [-0.3, -0.25) is 4.79 Å². The highest BCUT2D eigenvalue weighted by Gasteiger charge is 2.10. The second-order valence-electron chi connectivity index (χ2n) is 5.28. The van der Waals surface area contributed by atoms with Gasteiger partial charge in [0.25, 0.3) is 0 Å². The molecule has 2 aromatic carbocycles. The standard InChI is InChI=1S/C18H17N3O3S/c1-11(22)19-14-9-12(7-8-16(14)23)15-10-25-18(21-15)20-13-5-3-4-6-17(13)24-2/h3-10,23H,1-2H3,(H,19,22)(H,20,21). The number of hydrogen-bond donors (Lipinski definition) is 3. The summed E-state index contributed by atoms with van der Waals surface area (Å²) in [4.78, 5) is 15.8. The summed E-state index contributed by atoms with van der Waals surface area (Å²) in [5.41, 5.74) is 2.73. The first-order valence-corrected chi connectivity index (χ1v) is 8.41. The molecule has 0 fully saturated rings. The second-order valence-corrected chi connectivity index (χ2v) is 6.13. The highest BCUT2D eigenvalue weighted by Crippen LogP contribution is 2.33. The van der Waals surface area contributed by atoms with Crippen LogP contribution in [-0.4, -0.2) is 23.1 Å². The molecule has 0 aliphatic heterocycles. The maximum Gasteiger partial charge on any atom is 0.221 e. The van der Waals surface area contributed by atoms with Crippen LogP contribution < -0.4 is 15.4 Å². The largest absolute Gasteiger partial charge is 0.506 e. The Bertz CT molecular complexity index is 908. The van der Waals surface area contributed by atoms with Gasteiger partial charge < -0.3 is 20.5 Å². The first kappa shape index (κ1) is 16.8. The number of aromatic hydroxyl groups is 1. The van der Waals surface area contributed by atoms with Crippen molar-refractivity contribution in [2.45, 2.75) is 6.92 Å². The lowest BCUT2D eigenvalue weighted by Crippen LogP contribution is -2.05. The van der Waals surface area contributed by atoms with Crippen LogP contribution in [0.5, 0.6) is 11.5 Å². The van der Waals surface area contributed by atoms with Crippen LogP contribution in [0.25, 0.3) is 11.3 Å². The molecule has 0 atom stereocenters. The minimum atomic E-state index is -0.246. The molecule has 1 heterocycles. The summed E-state index contributed by atoms with van der Waals surface area (Å²) in [5, 5.41) is 18.3. The predicted molar refractivity (Wildman–Crippen MR) is 99.8 cm³/mol. The normalized spacial score (nSPS) is 10.3. The maximum atomic E-state index is 11.2. The average Bonchev–Trinajstić information content (AvgIpc) is 3.05. The number of benzene rings is 2. The van der Waals surface area contributed by atoms with Crippen LogP contribution in [0.1, 0.15) is 6.92 Å². The van der Waals surface area contributed by atoms with Crippen molar-refractivity contribution in [3.63, 3.8) is 0 Å². The van der Waals surface area contributed by atoms with E-state index < -0.39 is 0 Å². The first-order valence-electron chi connectivity index (χ1n) is 7.53. The van der Waals surface area contributed by atoms with E-state index in [2.05, 4.69) is 15.6 Å². The lowest BCUT2D eigenvalue weighted by Gasteiger charge is -2.08. The Kier molecular flexibility index (Phi) is 4.85. The highest BCUT2D eigenvalue weighted by molar-refractivity contribution is 7.14. The fourth-order valence-electron chi connectivity index (χ4n) is 2.31. The Morgan fingerprint density at radius 1 is 1.20 bits per heavy atom. The first-order chi connectivity index (χ1) is 12.1. The van der Waals surface area contributed by atoms with E-state index in [4.69, 9.17) is 4.74 Å². The molecule has 25 heavy (non-hydrogen) atoms. The molecule has 3 aromatic rings. The highest BCUT2D eigenvalue weighted by atomic mass is 32.1. The molecule has 1 aromatic heterocycles. The van der Waals surface area contributed by atoms with Gasteiger partial charge in [-0.1, -0.05) is 12.1 Å². The van der Waals surface area contributed by atoms with Gasteiger partial charge in [-0.25, -0.2) is 4.98 Å². The van der Waals surface area contributed by atoms with Crippen LogP contribution in [-0.2, 0) is 4.79 Å². The average molecular weight is 355 g/mol. The number of methoxy groups -OCH3 is 1. The zero-order valence-corrected chi connectivity index (χ0v) is 14.6. The molecule has 0 saturated carbocycles. The van der Waals surface area contributed by atoms with E-state index in [0.29, 0.717) is 10.8 Å². The molecule has 0 spiro atoms. The van der Waals surface area contributed by atoms with Crippen LogP contribution in [0, 0.1) is 0 Å². The van der Waals surface area contributed by atoms with Crippen LogP contribution in [0.15, 0.2) is 47.8 Å². The molecule has 0 bridgehead atoms. The monoisotopic (exact) mass is 355 g/mol. The summed E-state index contributed by atoms with van der Waals surface area (Å²) < 4.78 is 5.32. The van der Waals surface area contributed by atoms with Crippen LogP contribution in [0.3, 0.4) is 0 Å². The zero-order chi connectivity index (χ0) is 17.8. The summed E-state index contributed by atoms with van der Waals surface area (Å²) in [5.74, 6) is 0.502. The third-order valence-corrected chi connectivity index (χ3v) is 4.21. The Morgan fingerprint density at radius 3 is 2.76 bits per heavy atom. The summed E-state index contributed by atoms with van der Waals surface area (Å²) in [7, 11) is 1.62. The van der Waals surface area contributed by atoms with E-state index in [1.807, 2.05) is 29.6 Å². The summed E-state index contributed by atoms with van der Waals surface area (Å²) in [6, 6.07) is 12.6. The molecule has 3 N–H and O–H groups in total. The van der Waals surface area contributed by atoms with Gasteiger partial charge in [-0.05, 0) is 30.3 Å². The quantitative estimate of drug-likeness (QED) is 0.597. The maximum absolute atomic E-state index is 11.2. The number of carbonyl (C=O) groups is 1. The number of ether oxygens (including phenoxy) is 1. The fraction of sp³-hybridized carbons (Fsp3) is 0.111. The number of thiazole rings is 1.